The Labute approximate surface area is 169 Å². The van der Waals surface area contributed by atoms with Gasteiger partial charge in [-0.3, -0.25) is 0 Å². The third-order valence-corrected chi connectivity index (χ3v) is 5.00. The van der Waals surface area contributed by atoms with Gasteiger partial charge in [0.2, 0.25) is 0 Å². The minimum Gasteiger partial charge on any atom is -0.249 e. The van der Waals surface area contributed by atoms with Crippen molar-refractivity contribution in [3.63, 3.8) is 0 Å². The van der Waals surface area contributed by atoms with Crippen LogP contribution in [-0.4, -0.2) is 15.0 Å². The lowest BCUT2D eigenvalue weighted by Crippen LogP contribution is -1.98. The molecule has 29 heavy (non-hydrogen) atoms. The maximum Gasteiger partial charge on any atom is 0.178 e. The SMILES string of the molecule is c1ccc(-c2ccccc2Cc2cccc(-c3ncc4ccccc4n3)n2)cc1. The van der Waals surface area contributed by atoms with E-state index in [1.807, 2.05) is 48.7 Å². The number of aromatic nitrogens is 3. The molecule has 0 fully saturated rings. The van der Waals surface area contributed by atoms with Crippen molar-refractivity contribution in [2.45, 2.75) is 6.42 Å². The summed E-state index contributed by atoms with van der Waals surface area (Å²) in [6.07, 6.45) is 2.61. The van der Waals surface area contributed by atoms with Gasteiger partial charge in [-0.25, -0.2) is 15.0 Å². The molecule has 0 N–H and O–H groups in total. The number of fused-ring (bicyclic) bond motifs is 1. The third kappa shape index (κ3) is 3.63. The molecule has 0 saturated carbocycles. The van der Waals surface area contributed by atoms with Gasteiger partial charge in [0, 0.05) is 23.7 Å². The fourth-order valence-corrected chi connectivity index (χ4v) is 3.57. The highest BCUT2D eigenvalue weighted by Crippen LogP contribution is 2.26. The van der Waals surface area contributed by atoms with Crippen LogP contribution in [0.25, 0.3) is 33.5 Å². The van der Waals surface area contributed by atoms with Crippen LogP contribution in [0.5, 0.6) is 0 Å². The molecular weight excluding hydrogens is 354 g/mol. The Morgan fingerprint density at radius 3 is 2.34 bits per heavy atom. The molecule has 0 bridgehead atoms. The van der Waals surface area contributed by atoms with Crippen LogP contribution in [0, 0.1) is 0 Å². The molecule has 3 heteroatoms. The van der Waals surface area contributed by atoms with E-state index in [0.29, 0.717) is 5.82 Å². The highest BCUT2D eigenvalue weighted by molar-refractivity contribution is 5.79. The molecule has 5 aromatic rings. The zero-order chi connectivity index (χ0) is 19.5. The number of pyridine rings is 1. The van der Waals surface area contributed by atoms with Crippen LogP contribution in [0.4, 0.5) is 0 Å². The standard InChI is InChI=1S/C26H19N3/c1-2-9-19(10-3-1)23-14-6-4-11-20(23)17-22-13-8-16-25(28-22)26-27-18-21-12-5-7-15-24(21)29-26/h1-16,18H,17H2. The van der Waals surface area contributed by atoms with Crippen molar-refractivity contribution >= 4 is 10.9 Å². The summed E-state index contributed by atoms with van der Waals surface area (Å²) < 4.78 is 0. The van der Waals surface area contributed by atoms with E-state index in [-0.39, 0.29) is 0 Å². The Kier molecular flexibility index (Phi) is 4.55. The summed E-state index contributed by atoms with van der Waals surface area (Å²) in [7, 11) is 0. The summed E-state index contributed by atoms with van der Waals surface area (Å²) in [5.41, 5.74) is 6.44. The summed E-state index contributed by atoms with van der Waals surface area (Å²) in [4.78, 5) is 14.1. The van der Waals surface area contributed by atoms with Crippen LogP contribution in [0.1, 0.15) is 11.3 Å². The minimum atomic E-state index is 0.655. The molecule has 0 aliphatic heterocycles. The van der Waals surface area contributed by atoms with Gasteiger partial charge < -0.3 is 0 Å². The zero-order valence-electron chi connectivity index (χ0n) is 15.9. The van der Waals surface area contributed by atoms with E-state index < -0.39 is 0 Å². The molecule has 5 rings (SSSR count). The van der Waals surface area contributed by atoms with Crippen LogP contribution in [0.2, 0.25) is 0 Å². The Balaban J connectivity index is 1.50. The second-order valence-electron chi connectivity index (χ2n) is 6.97. The lowest BCUT2D eigenvalue weighted by molar-refractivity contribution is 1.06. The Hall–Kier alpha value is -3.85. The zero-order valence-corrected chi connectivity index (χ0v) is 15.9. The normalized spacial score (nSPS) is 10.9. The van der Waals surface area contributed by atoms with Crippen molar-refractivity contribution in [1.29, 1.82) is 0 Å². The van der Waals surface area contributed by atoms with Crippen LogP contribution in [0.15, 0.2) is 103 Å². The fraction of sp³-hybridized carbons (Fsp3) is 0.0385. The molecule has 2 aromatic heterocycles. The first kappa shape index (κ1) is 17.3. The van der Waals surface area contributed by atoms with Crippen molar-refractivity contribution in [2.24, 2.45) is 0 Å². The van der Waals surface area contributed by atoms with E-state index in [2.05, 4.69) is 64.6 Å². The van der Waals surface area contributed by atoms with Gasteiger partial charge in [0.15, 0.2) is 5.82 Å². The predicted molar refractivity (Wildman–Crippen MR) is 117 cm³/mol. The quantitative estimate of drug-likeness (QED) is 0.391. The maximum absolute atomic E-state index is 4.85. The minimum absolute atomic E-state index is 0.655. The lowest BCUT2D eigenvalue weighted by atomic mass is 9.96. The lowest BCUT2D eigenvalue weighted by Gasteiger charge is -2.10. The van der Waals surface area contributed by atoms with Gasteiger partial charge in [-0.15, -0.1) is 0 Å². The monoisotopic (exact) mass is 373 g/mol. The second kappa shape index (κ2) is 7.64. The molecule has 3 aromatic carbocycles. The molecule has 2 heterocycles. The number of benzene rings is 3. The first-order valence-electron chi connectivity index (χ1n) is 9.68. The molecular formula is C26H19N3. The van der Waals surface area contributed by atoms with E-state index in [1.165, 1.54) is 16.7 Å². The Bertz CT molecular complexity index is 1280. The smallest absolute Gasteiger partial charge is 0.178 e. The van der Waals surface area contributed by atoms with Crippen LogP contribution in [0.3, 0.4) is 0 Å². The summed E-state index contributed by atoms with van der Waals surface area (Å²) in [6, 6.07) is 33.0. The summed E-state index contributed by atoms with van der Waals surface area (Å²) in [5, 5.41) is 1.03. The predicted octanol–water partition coefficient (Wildman–Crippen LogP) is 5.95. The van der Waals surface area contributed by atoms with Crippen molar-refractivity contribution in [2.75, 3.05) is 0 Å². The summed E-state index contributed by atoms with van der Waals surface area (Å²) in [6.45, 7) is 0. The molecule has 0 aliphatic rings. The van der Waals surface area contributed by atoms with E-state index in [9.17, 15) is 0 Å². The van der Waals surface area contributed by atoms with Gasteiger partial charge in [0.05, 0.1) is 5.52 Å². The first-order chi connectivity index (χ1) is 14.4. The molecule has 138 valence electrons. The molecule has 0 amide bonds. The first-order valence-corrected chi connectivity index (χ1v) is 9.68. The largest absolute Gasteiger partial charge is 0.249 e. The maximum atomic E-state index is 4.85. The average Bonchev–Trinajstić information content (AvgIpc) is 2.80. The topological polar surface area (TPSA) is 38.7 Å². The van der Waals surface area contributed by atoms with Gasteiger partial charge >= 0.3 is 0 Å². The van der Waals surface area contributed by atoms with Crippen molar-refractivity contribution in [1.82, 2.24) is 15.0 Å². The van der Waals surface area contributed by atoms with E-state index in [4.69, 9.17) is 4.98 Å². The number of para-hydroxylation sites is 1. The van der Waals surface area contributed by atoms with E-state index in [1.54, 1.807) is 0 Å². The third-order valence-electron chi connectivity index (χ3n) is 5.00. The van der Waals surface area contributed by atoms with Crippen molar-refractivity contribution in [3.8, 4) is 22.6 Å². The molecule has 0 spiro atoms. The van der Waals surface area contributed by atoms with Gasteiger partial charge in [0.1, 0.15) is 5.69 Å². The van der Waals surface area contributed by atoms with Crippen molar-refractivity contribution in [3.05, 3.63) is 115 Å². The van der Waals surface area contributed by atoms with Crippen LogP contribution < -0.4 is 0 Å². The highest BCUT2D eigenvalue weighted by Gasteiger charge is 2.09. The van der Waals surface area contributed by atoms with Gasteiger partial charge in [0.25, 0.3) is 0 Å². The van der Waals surface area contributed by atoms with Crippen molar-refractivity contribution < 1.29 is 0 Å². The number of rotatable bonds is 4. The van der Waals surface area contributed by atoms with Crippen LogP contribution >= 0.6 is 0 Å². The summed E-state index contributed by atoms with van der Waals surface area (Å²) in [5.74, 6) is 0.655. The second-order valence-corrected chi connectivity index (χ2v) is 6.97. The molecule has 0 atom stereocenters. The molecule has 0 saturated heterocycles. The molecule has 0 unspecified atom stereocenters. The Morgan fingerprint density at radius 2 is 1.41 bits per heavy atom. The highest BCUT2D eigenvalue weighted by atomic mass is 14.9. The molecule has 0 radical (unpaired) electrons. The van der Waals surface area contributed by atoms with E-state index in [0.717, 1.165) is 28.7 Å². The number of hydrogen-bond donors (Lipinski definition) is 0. The Morgan fingerprint density at radius 1 is 0.621 bits per heavy atom. The van der Waals surface area contributed by atoms with Gasteiger partial charge in [-0.2, -0.15) is 0 Å². The van der Waals surface area contributed by atoms with Crippen LogP contribution in [-0.2, 0) is 6.42 Å². The number of hydrogen-bond acceptors (Lipinski definition) is 3. The fourth-order valence-electron chi connectivity index (χ4n) is 3.57. The number of nitrogens with zero attached hydrogens (tertiary/aromatic N) is 3. The molecule has 0 aliphatic carbocycles. The van der Waals surface area contributed by atoms with Gasteiger partial charge in [-0.1, -0.05) is 78.9 Å². The summed E-state index contributed by atoms with van der Waals surface area (Å²) >= 11 is 0. The molecule has 3 nitrogen and oxygen atoms in total. The van der Waals surface area contributed by atoms with Gasteiger partial charge in [-0.05, 0) is 34.9 Å². The van der Waals surface area contributed by atoms with E-state index >= 15 is 0 Å². The average molecular weight is 373 g/mol.